The molecule has 36 heavy (non-hydrogen) atoms. The van der Waals surface area contributed by atoms with Crippen molar-refractivity contribution in [2.24, 2.45) is 5.73 Å². The molecule has 0 radical (unpaired) electrons. The average Bonchev–Trinajstić information content (AvgIpc) is 2.86. The molecular formula is C26H38N8O2. The predicted molar refractivity (Wildman–Crippen MR) is 142 cm³/mol. The number of nitrogens with one attached hydrogen (secondary N) is 3. The van der Waals surface area contributed by atoms with Gasteiger partial charge in [-0.25, -0.2) is 14.8 Å². The van der Waals surface area contributed by atoms with Gasteiger partial charge >= 0.3 is 6.03 Å². The highest BCUT2D eigenvalue weighted by atomic mass is 16.2. The SMILES string of the molecule is C[C@@H]1[C@H](NC(=O)N(C)C)CCCN1c1cnc(C(N)=O)c(Nc2ccc(C3(C)CCNCC3)cc2)n1. The number of aromatic nitrogens is 2. The van der Waals surface area contributed by atoms with Gasteiger partial charge in [-0.15, -0.1) is 0 Å². The van der Waals surface area contributed by atoms with Gasteiger partial charge in [-0.3, -0.25) is 4.79 Å². The lowest BCUT2D eigenvalue weighted by Gasteiger charge is -2.40. The van der Waals surface area contributed by atoms with E-state index in [-0.39, 0.29) is 29.2 Å². The normalized spacial score (nSPS) is 21.5. The maximum absolute atomic E-state index is 12.2. The summed E-state index contributed by atoms with van der Waals surface area (Å²) < 4.78 is 0. The van der Waals surface area contributed by atoms with Crippen molar-refractivity contribution in [1.29, 1.82) is 0 Å². The summed E-state index contributed by atoms with van der Waals surface area (Å²) in [5.41, 5.74) is 7.98. The third-order valence-corrected chi connectivity index (χ3v) is 7.54. The summed E-state index contributed by atoms with van der Waals surface area (Å²) in [4.78, 5) is 37.1. The van der Waals surface area contributed by atoms with E-state index < -0.39 is 5.91 Å². The molecule has 0 saturated carbocycles. The number of nitrogens with zero attached hydrogens (tertiary/aromatic N) is 4. The van der Waals surface area contributed by atoms with E-state index in [9.17, 15) is 9.59 Å². The van der Waals surface area contributed by atoms with E-state index in [1.54, 1.807) is 20.3 Å². The number of carbonyl (C=O) groups excluding carboxylic acids is 2. The van der Waals surface area contributed by atoms with Gasteiger partial charge in [0.1, 0.15) is 5.82 Å². The first-order valence-corrected chi connectivity index (χ1v) is 12.7. The van der Waals surface area contributed by atoms with Gasteiger partial charge in [0.05, 0.1) is 12.2 Å². The Morgan fingerprint density at radius 3 is 2.53 bits per heavy atom. The molecule has 5 N–H and O–H groups in total. The second kappa shape index (κ2) is 10.7. The van der Waals surface area contributed by atoms with Gasteiger partial charge in [-0.2, -0.15) is 0 Å². The highest BCUT2D eigenvalue weighted by Crippen LogP contribution is 2.34. The van der Waals surface area contributed by atoms with Crippen LogP contribution in [0.15, 0.2) is 30.5 Å². The van der Waals surface area contributed by atoms with Gasteiger partial charge in [0.25, 0.3) is 5.91 Å². The van der Waals surface area contributed by atoms with Crippen LogP contribution in [0.3, 0.4) is 0 Å². The number of hydrogen-bond donors (Lipinski definition) is 4. The fraction of sp³-hybridized carbons (Fsp3) is 0.538. The highest BCUT2D eigenvalue weighted by Gasteiger charge is 2.31. The van der Waals surface area contributed by atoms with Crippen LogP contribution in [0.1, 0.15) is 55.6 Å². The Balaban J connectivity index is 1.55. The number of primary amides is 1. The minimum absolute atomic E-state index is 0.00855. The number of benzene rings is 1. The van der Waals surface area contributed by atoms with E-state index in [0.29, 0.717) is 11.6 Å². The van der Waals surface area contributed by atoms with E-state index in [2.05, 4.69) is 51.8 Å². The Morgan fingerprint density at radius 1 is 1.19 bits per heavy atom. The van der Waals surface area contributed by atoms with E-state index in [0.717, 1.165) is 51.0 Å². The first-order valence-electron chi connectivity index (χ1n) is 12.7. The Bertz CT molecular complexity index is 1080. The summed E-state index contributed by atoms with van der Waals surface area (Å²) in [5, 5.41) is 9.77. The zero-order valence-corrected chi connectivity index (χ0v) is 21.7. The number of carbonyl (C=O) groups is 2. The molecule has 0 bridgehead atoms. The van der Waals surface area contributed by atoms with Crippen LogP contribution in [-0.2, 0) is 5.41 Å². The predicted octanol–water partition coefficient (Wildman–Crippen LogP) is 2.59. The monoisotopic (exact) mass is 494 g/mol. The minimum atomic E-state index is -0.641. The fourth-order valence-corrected chi connectivity index (χ4v) is 5.09. The molecule has 10 heteroatoms. The molecule has 2 aromatic rings. The van der Waals surface area contributed by atoms with Gasteiger partial charge in [-0.1, -0.05) is 19.1 Å². The third-order valence-electron chi connectivity index (χ3n) is 7.54. The standard InChI is InChI=1S/C26H38N8O2/c1-17-20(31-25(36)33(3)4)6-5-15-34(17)21-16-29-22(23(27)35)24(32-21)30-19-9-7-18(8-10-19)26(2)11-13-28-14-12-26/h7-10,16-17,20,28H,5-6,11-15H2,1-4H3,(H2,27,35)(H,30,32)(H,31,36)/t17-,20-/m1/s1. The third kappa shape index (κ3) is 5.53. The molecule has 1 aromatic heterocycles. The Kier molecular flexibility index (Phi) is 7.63. The zero-order chi connectivity index (χ0) is 25.9. The van der Waals surface area contributed by atoms with Crippen LogP contribution in [0.25, 0.3) is 0 Å². The number of rotatable bonds is 6. The van der Waals surface area contributed by atoms with Crippen LogP contribution in [0.2, 0.25) is 0 Å². The second-order valence-electron chi connectivity index (χ2n) is 10.3. The smallest absolute Gasteiger partial charge is 0.317 e. The molecule has 0 aliphatic carbocycles. The lowest BCUT2D eigenvalue weighted by atomic mass is 9.75. The van der Waals surface area contributed by atoms with Crippen LogP contribution >= 0.6 is 0 Å². The van der Waals surface area contributed by atoms with Crippen molar-refractivity contribution in [3.63, 3.8) is 0 Å². The van der Waals surface area contributed by atoms with Crippen molar-refractivity contribution in [1.82, 2.24) is 25.5 Å². The lowest BCUT2D eigenvalue weighted by molar-refractivity contribution is 0.0996. The molecule has 2 aliphatic rings. The van der Waals surface area contributed by atoms with Crippen molar-refractivity contribution >= 4 is 29.3 Å². The molecular weight excluding hydrogens is 456 g/mol. The number of piperidine rings is 2. The summed E-state index contributed by atoms with van der Waals surface area (Å²) in [7, 11) is 3.46. The van der Waals surface area contributed by atoms with Gasteiger partial charge in [0.15, 0.2) is 11.5 Å². The fourth-order valence-electron chi connectivity index (χ4n) is 5.09. The van der Waals surface area contributed by atoms with Crippen LogP contribution in [0, 0.1) is 0 Å². The molecule has 2 aliphatic heterocycles. The number of amides is 3. The maximum atomic E-state index is 12.2. The maximum Gasteiger partial charge on any atom is 0.317 e. The van der Waals surface area contributed by atoms with Crippen LogP contribution in [-0.4, -0.2) is 72.6 Å². The molecule has 10 nitrogen and oxygen atoms in total. The zero-order valence-electron chi connectivity index (χ0n) is 21.7. The Labute approximate surface area is 213 Å². The van der Waals surface area contributed by atoms with Crippen LogP contribution < -0.4 is 26.6 Å². The van der Waals surface area contributed by atoms with Gasteiger partial charge < -0.3 is 31.5 Å². The molecule has 2 saturated heterocycles. The van der Waals surface area contributed by atoms with Crippen molar-refractivity contribution < 1.29 is 9.59 Å². The summed E-state index contributed by atoms with van der Waals surface area (Å²) in [6.45, 7) is 7.20. The molecule has 1 aromatic carbocycles. The summed E-state index contributed by atoms with van der Waals surface area (Å²) in [6, 6.07) is 8.17. The second-order valence-corrected chi connectivity index (χ2v) is 10.3. The van der Waals surface area contributed by atoms with E-state index in [4.69, 9.17) is 10.7 Å². The molecule has 0 spiro atoms. The molecule has 2 atom stereocenters. The molecule has 0 unspecified atom stereocenters. The van der Waals surface area contributed by atoms with Gasteiger partial charge in [-0.05, 0) is 68.8 Å². The van der Waals surface area contributed by atoms with Crippen LogP contribution in [0.4, 0.5) is 22.1 Å². The van der Waals surface area contributed by atoms with Crippen molar-refractivity contribution in [2.45, 2.75) is 57.0 Å². The highest BCUT2D eigenvalue weighted by molar-refractivity contribution is 5.96. The van der Waals surface area contributed by atoms with Crippen molar-refractivity contribution in [3.8, 4) is 0 Å². The number of hydrogen-bond acceptors (Lipinski definition) is 7. The summed E-state index contributed by atoms with van der Waals surface area (Å²) >= 11 is 0. The average molecular weight is 495 g/mol. The van der Waals surface area contributed by atoms with Crippen molar-refractivity contribution in [2.75, 3.05) is 43.9 Å². The van der Waals surface area contributed by atoms with Gasteiger partial charge in [0.2, 0.25) is 0 Å². The summed E-state index contributed by atoms with van der Waals surface area (Å²) in [5.74, 6) is 0.323. The Morgan fingerprint density at radius 2 is 1.89 bits per heavy atom. The number of nitrogens with two attached hydrogens (primary N) is 1. The number of anilines is 3. The van der Waals surface area contributed by atoms with E-state index in [1.807, 2.05) is 12.1 Å². The molecule has 3 heterocycles. The molecule has 2 fully saturated rings. The lowest BCUT2D eigenvalue weighted by Crippen LogP contribution is -2.56. The summed E-state index contributed by atoms with van der Waals surface area (Å²) in [6.07, 6.45) is 5.57. The van der Waals surface area contributed by atoms with E-state index >= 15 is 0 Å². The largest absolute Gasteiger partial charge is 0.364 e. The van der Waals surface area contributed by atoms with Crippen LogP contribution in [0.5, 0.6) is 0 Å². The van der Waals surface area contributed by atoms with Gasteiger partial charge in [0, 0.05) is 32.4 Å². The number of urea groups is 1. The quantitative estimate of drug-likeness (QED) is 0.486. The topological polar surface area (TPSA) is 129 Å². The Hall–Kier alpha value is -3.40. The van der Waals surface area contributed by atoms with Crippen molar-refractivity contribution in [3.05, 3.63) is 41.7 Å². The van der Waals surface area contributed by atoms with E-state index in [1.165, 1.54) is 10.5 Å². The first kappa shape index (κ1) is 25.7. The molecule has 4 rings (SSSR count). The minimum Gasteiger partial charge on any atom is -0.364 e. The molecule has 194 valence electrons. The molecule has 3 amide bonds. The first-order chi connectivity index (χ1) is 17.2.